The minimum atomic E-state index is -0.770. The summed E-state index contributed by atoms with van der Waals surface area (Å²) in [5.41, 5.74) is 32.9. The van der Waals surface area contributed by atoms with Gasteiger partial charge in [0.1, 0.15) is 11.6 Å². The molecular formula is C88H96N20O10S4. The number of nitrogens with one attached hydrogen (secondary N) is 4. The molecule has 4 aliphatic heterocycles. The van der Waals surface area contributed by atoms with Gasteiger partial charge in [-0.05, 0) is 223 Å². The summed E-state index contributed by atoms with van der Waals surface area (Å²) in [7, 11) is 0. The average Bonchev–Trinajstić information content (AvgIpc) is 1.51. The van der Waals surface area contributed by atoms with Crippen LogP contribution in [0.1, 0.15) is 177 Å². The van der Waals surface area contributed by atoms with Crippen LogP contribution >= 0.6 is 45.3 Å². The number of piperidine rings is 4. The number of pyridine rings is 4. The van der Waals surface area contributed by atoms with Crippen LogP contribution in [0.3, 0.4) is 0 Å². The van der Waals surface area contributed by atoms with Crippen LogP contribution in [-0.4, -0.2) is 145 Å². The Kier molecular flexibility index (Phi) is 27.1. The van der Waals surface area contributed by atoms with Gasteiger partial charge in [0.05, 0.1) is 144 Å². The molecule has 4 fully saturated rings. The van der Waals surface area contributed by atoms with E-state index in [0.29, 0.717) is 61.0 Å². The van der Waals surface area contributed by atoms with Gasteiger partial charge >= 0.3 is 47.3 Å². The van der Waals surface area contributed by atoms with Crippen molar-refractivity contribution in [1.82, 2.24) is 59.5 Å². The molecular weight excluding hydrogens is 1630 g/mol. The van der Waals surface area contributed by atoms with Gasteiger partial charge in [-0.3, -0.25) is 57.9 Å². The van der Waals surface area contributed by atoms with Crippen LogP contribution in [0.2, 0.25) is 0 Å². The molecule has 0 bridgehead atoms. The fourth-order valence-corrected chi connectivity index (χ4v) is 19.0. The van der Waals surface area contributed by atoms with Gasteiger partial charge in [0.15, 0.2) is 0 Å². The first kappa shape index (κ1) is 87.2. The van der Waals surface area contributed by atoms with Gasteiger partial charge in [-0.25, -0.2) is 29.9 Å². The van der Waals surface area contributed by atoms with Gasteiger partial charge in [0.25, 0.3) is 0 Å². The van der Waals surface area contributed by atoms with Crippen LogP contribution in [0.4, 0.5) is 34.4 Å². The summed E-state index contributed by atoms with van der Waals surface area (Å²) in [6.07, 6.45) is 15.4. The molecule has 10 amide bonds. The van der Waals surface area contributed by atoms with Gasteiger partial charge in [-0.1, -0.05) is 52.0 Å². The maximum Gasteiger partial charge on any atom is 0.313 e. The number of hydrogen-bond donors (Lipinski definition) is 8. The molecule has 30 nitrogen and oxygen atoms in total. The maximum absolute atomic E-state index is 13.1. The van der Waals surface area contributed by atoms with E-state index in [0.717, 1.165) is 146 Å². The minimum absolute atomic E-state index is 0.142. The number of nitrogens with zero attached hydrogens (tertiary/aromatic N) is 12. The molecule has 632 valence electrons. The highest BCUT2D eigenvalue weighted by molar-refractivity contribution is 7.19. The van der Waals surface area contributed by atoms with Crippen LogP contribution in [0.25, 0.3) is 40.9 Å². The number of thiazole rings is 4. The largest absolute Gasteiger partial charge is 0.383 e. The van der Waals surface area contributed by atoms with E-state index in [-0.39, 0.29) is 58.5 Å². The molecule has 34 heteroatoms. The quantitative estimate of drug-likeness (QED) is 0.0590. The number of nitrogens with two attached hydrogens (primary N) is 4. The Morgan fingerprint density at radius 2 is 0.582 bits per heavy atom. The van der Waals surface area contributed by atoms with Crippen molar-refractivity contribution in [2.45, 2.75) is 145 Å². The first-order valence-electron chi connectivity index (χ1n) is 40.2. The van der Waals surface area contributed by atoms with E-state index in [1.807, 2.05) is 88.4 Å². The molecule has 8 atom stereocenters. The van der Waals surface area contributed by atoms with E-state index >= 15 is 0 Å². The Labute approximate surface area is 720 Å². The summed E-state index contributed by atoms with van der Waals surface area (Å²) in [6, 6.07) is 29.9. The van der Waals surface area contributed by atoms with E-state index in [9.17, 15) is 47.9 Å². The number of benzene rings is 4. The van der Waals surface area contributed by atoms with Crippen LogP contribution in [-0.2, 0) is 38.4 Å². The standard InChI is InChI=1S/2C22H23N5O3S.2C22H25N5O2S/c2*1-12-3-5-18(14-4-6-19-17(8-14)25-13(2)31-19)27(11-12)22(30)21(29)26-16-7-15(20(23)28)9-24-10-16;2*1-12-4-6-18(15-5-7-19-17(9-15)25-14(3)30-19)27(11-12)22(29)21(28)26-16-8-13(2)20(23)24-10-16/h2*4,6-10,12,18H,3,5,11H2,1-2H3,(H2,23,28)(H,26,29);2*5,7-10,12,18H,4,6,11H2,1-3H3,(H2,23,24)(H,26,28)/t4*12-,18+/m1010/s1. The number of amides is 10. The van der Waals surface area contributed by atoms with E-state index in [1.54, 1.807) is 90.9 Å². The Morgan fingerprint density at radius 3 is 0.820 bits per heavy atom. The number of nitrogen functional groups attached to an aromatic ring is 2. The first-order chi connectivity index (χ1) is 58.3. The van der Waals surface area contributed by atoms with Crippen molar-refractivity contribution >= 4 is 180 Å². The Balaban J connectivity index is 0.000000140. The van der Waals surface area contributed by atoms with E-state index in [2.05, 4.69) is 101 Å². The lowest BCUT2D eigenvalue weighted by molar-refractivity contribution is -0.146. The zero-order chi connectivity index (χ0) is 87.1. The molecule has 12 aromatic rings. The molecule has 12 N–H and O–H groups in total. The predicted octanol–water partition coefficient (Wildman–Crippen LogP) is 13.7. The summed E-state index contributed by atoms with van der Waals surface area (Å²) < 4.78 is 4.45. The highest BCUT2D eigenvalue weighted by atomic mass is 32.1. The number of primary amides is 2. The lowest BCUT2D eigenvalue weighted by Crippen LogP contribution is -2.46. The third-order valence-corrected chi connectivity index (χ3v) is 25.8. The highest BCUT2D eigenvalue weighted by Gasteiger charge is 2.40. The molecule has 122 heavy (non-hydrogen) atoms. The molecule has 4 saturated heterocycles. The fourth-order valence-electron chi connectivity index (χ4n) is 15.8. The van der Waals surface area contributed by atoms with E-state index in [1.165, 1.54) is 49.3 Å². The van der Waals surface area contributed by atoms with E-state index < -0.39 is 59.1 Å². The summed E-state index contributed by atoms with van der Waals surface area (Å²) in [5, 5.41) is 14.4. The van der Waals surface area contributed by atoms with Crippen molar-refractivity contribution < 1.29 is 47.9 Å². The molecule has 0 spiro atoms. The zero-order valence-electron chi connectivity index (χ0n) is 69.2. The molecule has 0 aliphatic carbocycles. The number of hydrogen-bond acceptors (Lipinski definition) is 24. The molecule has 12 heterocycles. The summed E-state index contributed by atoms with van der Waals surface area (Å²) >= 11 is 6.56. The van der Waals surface area contributed by atoms with Crippen molar-refractivity contribution in [3.63, 3.8) is 0 Å². The lowest BCUT2D eigenvalue weighted by Gasteiger charge is -2.38. The molecule has 4 aliphatic rings. The van der Waals surface area contributed by atoms with Crippen molar-refractivity contribution in [3.05, 3.63) is 199 Å². The lowest BCUT2D eigenvalue weighted by atomic mass is 9.89. The monoisotopic (exact) mass is 1720 g/mol. The van der Waals surface area contributed by atoms with Gasteiger partial charge < -0.3 is 63.8 Å². The van der Waals surface area contributed by atoms with Gasteiger partial charge in [-0.15, -0.1) is 45.3 Å². The molecule has 0 saturated carbocycles. The maximum atomic E-state index is 13.1. The van der Waals surface area contributed by atoms with Crippen molar-refractivity contribution in [2.75, 3.05) is 58.9 Å². The van der Waals surface area contributed by atoms with Crippen LogP contribution < -0.4 is 44.2 Å². The van der Waals surface area contributed by atoms with Gasteiger partial charge in [0.2, 0.25) is 11.8 Å². The van der Waals surface area contributed by atoms with Crippen LogP contribution in [0.5, 0.6) is 0 Å². The normalized spacial score (nSPS) is 18.9. The summed E-state index contributed by atoms with van der Waals surface area (Å²) in [6.45, 7) is 21.9. The smallest absolute Gasteiger partial charge is 0.313 e. The molecule has 0 unspecified atom stereocenters. The minimum Gasteiger partial charge on any atom is -0.383 e. The fraction of sp³-hybridized carbons (Fsp3) is 0.341. The number of aryl methyl sites for hydroxylation is 6. The topological polar surface area (TPSA) is 439 Å². The Morgan fingerprint density at radius 1 is 0.336 bits per heavy atom. The van der Waals surface area contributed by atoms with Crippen LogP contribution in [0, 0.1) is 65.2 Å². The van der Waals surface area contributed by atoms with Crippen molar-refractivity contribution in [3.8, 4) is 0 Å². The molecule has 0 radical (unpaired) electrons. The SMILES string of the molecule is Cc1nc2cc([C@@H]3CC[C@@H](C)CN3C(=O)C(=O)Nc3cnc(N)c(C)c3)ccc2s1.Cc1nc2cc([C@@H]3CC[C@@H](C)CN3C(=O)C(=O)Nc3cncc(C(N)=O)c3)ccc2s1.Cc1nc2cc([C@H]3CC[C@H](C)CN3C(=O)C(=O)Nc3cnc(N)c(C)c3)ccc2s1.Cc1nc2cc([C@H]3CC[C@H](C)CN3C(=O)C(=O)Nc3cncc(C(N)=O)c3)ccc2s1. The number of carbonyl (C=O) groups is 10. The highest BCUT2D eigenvalue weighted by Crippen LogP contribution is 2.41. The number of rotatable bonds is 10. The number of fused-ring (bicyclic) bond motifs is 4. The summed E-state index contributed by atoms with van der Waals surface area (Å²) in [5.74, 6) is -4.42. The van der Waals surface area contributed by atoms with Crippen molar-refractivity contribution in [1.29, 1.82) is 0 Å². The Hall–Kier alpha value is -12.7. The number of anilines is 6. The number of aromatic nitrogens is 8. The van der Waals surface area contributed by atoms with Crippen molar-refractivity contribution in [2.24, 2.45) is 35.1 Å². The third kappa shape index (κ3) is 20.8. The second kappa shape index (κ2) is 38.0. The molecule has 16 rings (SSSR count). The molecule has 4 aromatic carbocycles. The second-order valence-electron chi connectivity index (χ2n) is 31.8. The first-order valence-corrected chi connectivity index (χ1v) is 43.4. The van der Waals surface area contributed by atoms with E-state index in [4.69, 9.17) is 22.9 Å². The second-order valence-corrected chi connectivity index (χ2v) is 36.7. The zero-order valence-corrected chi connectivity index (χ0v) is 72.5. The predicted molar refractivity (Wildman–Crippen MR) is 476 cm³/mol. The molecule has 8 aromatic heterocycles. The number of likely N-dealkylation sites (tertiary alicyclic amines) is 4. The van der Waals surface area contributed by atoms with Gasteiger partial charge in [0, 0.05) is 38.6 Å². The average molecular weight is 1720 g/mol. The third-order valence-electron chi connectivity index (χ3n) is 22.0. The summed E-state index contributed by atoms with van der Waals surface area (Å²) in [4.78, 5) is 167. The van der Waals surface area contributed by atoms with Crippen LogP contribution in [0.15, 0.2) is 134 Å². The number of carbonyl (C=O) groups excluding carboxylic acids is 10. The Bertz CT molecular complexity index is 5680. The van der Waals surface area contributed by atoms with Gasteiger partial charge in [-0.2, -0.15) is 0 Å².